The molecule has 2 saturated heterocycles. The lowest BCUT2D eigenvalue weighted by molar-refractivity contribution is 0.143. The Morgan fingerprint density at radius 2 is 1.83 bits per heavy atom. The largest absolute Gasteiger partial charge is 0.490 e. The van der Waals surface area contributed by atoms with Crippen molar-refractivity contribution in [3.8, 4) is 11.5 Å². The molecule has 0 radical (unpaired) electrons. The Morgan fingerprint density at radius 3 is 2.63 bits per heavy atom. The van der Waals surface area contributed by atoms with E-state index in [4.69, 9.17) is 14.2 Å². The third kappa shape index (κ3) is 5.30. The standard InChI is InChI=1S/C22H33N5O3/c1-28-12-13-30-20-14-18-19(25-16-26-22(18)27-9-7-23-8-10-27)15-21(20)29-11-5-17-4-2-3-6-24-17/h14-17,23-24H,2-13H2,1H3. The smallest absolute Gasteiger partial charge is 0.163 e. The van der Waals surface area contributed by atoms with Gasteiger partial charge in [0.2, 0.25) is 0 Å². The predicted molar refractivity (Wildman–Crippen MR) is 118 cm³/mol. The van der Waals surface area contributed by atoms with Gasteiger partial charge < -0.3 is 29.7 Å². The van der Waals surface area contributed by atoms with Crippen LogP contribution >= 0.6 is 0 Å². The minimum atomic E-state index is 0.471. The first-order valence-electron chi connectivity index (χ1n) is 11.1. The molecule has 8 heteroatoms. The minimum absolute atomic E-state index is 0.471. The molecule has 1 unspecified atom stereocenters. The lowest BCUT2D eigenvalue weighted by atomic mass is 10.0. The van der Waals surface area contributed by atoms with Crippen molar-refractivity contribution >= 4 is 16.7 Å². The third-order valence-electron chi connectivity index (χ3n) is 5.78. The fourth-order valence-electron chi connectivity index (χ4n) is 4.12. The van der Waals surface area contributed by atoms with Crippen LogP contribution in [0.15, 0.2) is 18.5 Å². The van der Waals surface area contributed by atoms with Crippen molar-refractivity contribution in [2.24, 2.45) is 0 Å². The maximum atomic E-state index is 6.17. The van der Waals surface area contributed by atoms with Gasteiger partial charge in [0.05, 0.1) is 18.7 Å². The molecule has 0 aliphatic carbocycles. The fourth-order valence-corrected chi connectivity index (χ4v) is 4.12. The molecule has 4 rings (SSSR count). The van der Waals surface area contributed by atoms with Crippen LogP contribution < -0.4 is 25.0 Å². The first-order valence-corrected chi connectivity index (χ1v) is 11.1. The molecule has 2 fully saturated rings. The van der Waals surface area contributed by atoms with E-state index in [0.717, 1.165) is 67.4 Å². The Hall–Kier alpha value is -2.16. The van der Waals surface area contributed by atoms with Crippen LogP contribution in [0, 0.1) is 0 Å². The molecule has 1 aromatic carbocycles. The number of aromatic nitrogens is 2. The van der Waals surface area contributed by atoms with Gasteiger partial charge in [-0.15, -0.1) is 0 Å². The molecule has 1 aromatic heterocycles. The molecule has 2 aromatic rings. The van der Waals surface area contributed by atoms with Gasteiger partial charge in [0, 0.05) is 50.8 Å². The summed E-state index contributed by atoms with van der Waals surface area (Å²) in [7, 11) is 1.68. The van der Waals surface area contributed by atoms with Crippen LogP contribution in [-0.4, -0.2) is 75.7 Å². The van der Waals surface area contributed by atoms with Crippen LogP contribution in [0.2, 0.25) is 0 Å². The molecule has 0 amide bonds. The van der Waals surface area contributed by atoms with E-state index in [-0.39, 0.29) is 0 Å². The summed E-state index contributed by atoms with van der Waals surface area (Å²) < 4.78 is 17.3. The number of methoxy groups -OCH3 is 1. The first kappa shape index (κ1) is 21.1. The van der Waals surface area contributed by atoms with Gasteiger partial charge in [-0.2, -0.15) is 0 Å². The van der Waals surface area contributed by atoms with Crippen LogP contribution in [0.5, 0.6) is 11.5 Å². The van der Waals surface area contributed by atoms with E-state index in [9.17, 15) is 0 Å². The molecule has 0 bridgehead atoms. The van der Waals surface area contributed by atoms with Crippen LogP contribution in [0.1, 0.15) is 25.7 Å². The van der Waals surface area contributed by atoms with E-state index >= 15 is 0 Å². The van der Waals surface area contributed by atoms with Gasteiger partial charge in [-0.1, -0.05) is 6.42 Å². The van der Waals surface area contributed by atoms with Gasteiger partial charge >= 0.3 is 0 Å². The van der Waals surface area contributed by atoms with Crippen molar-refractivity contribution in [1.29, 1.82) is 0 Å². The van der Waals surface area contributed by atoms with E-state index in [0.29, 0.717) is 25.9 Å². The molecular weight excluding hydrogens is 382 g/mol. The summed E-state index contributed by atoms with van der Waals surface area (Å²) in [5.41, 5.74) is 0.878. The van der Waals surface area contributed by atoms with Crippen molar-refractivity contribution in [2.45, 2.75) is 31.7 Å². The third-order valence-corrected chi connectivity index (χ3v) is 5.78. The Morgan fingerprint density at radius 1 is 1.00 bits per heavy atom. The minimum Gasteiger partial charge on any atom is -0.490 e. The number of rotatable bonds is 9. The van der Waals surface area contributed by atoms with Crippen molar-refractivity contribution in [3.05, 3.63) is 18.5 Å². The topological polar surface area (TPSA) is 80.8 Å². The molecule has 2 N–H and O–H groups in total. The SMILES string of the molecule is COCCOc1cc2c(N3CCNCC3)ncnc2cc1OCCC1CCCCN1. The quantitative estimate of drug-likeness (QED) is 0.602. The highest BCUT2D eigenvalue weighted by atomic mass is 16.5. The molecule has 0 saturated carbocycles. The average molecular weight is 416 g/mol. The van der Waals surface area contributed by atoms with Gasteiger partial charge in [0.1, 0.15) is 18.8 Å². The monoisotopic (exact) mass is 415 g/mol. The molecule has 0 spiro atoms. The zero-order valence-corrected chi connectivity index (χ0v) is 17.9. The summed E-state index contributed by atoms with van der Waals surface area (Å²) in [6, 6.07) is 4.55. The average Bonchev–Trinajstić information content (AvgIpc) is 2.80. The molecule has 1 atom stereocenters. The Kier molecular flexibility index (Phi) is 7.55. The highest BCUT2D eigenvalue weighted by Crippen LogP contribution is 2.35. The van der Waals surface area contributed by atoms with Crippen molar-refractivity contribution < 1.29 is 14.2 Å². The van der Waals surface area contributed by atoms with E-state index in [1.807, 2.05) is 12.1 Å². The number of nitrogens with zero attached hydrogens (tertiary/aromatic N) is 3. The fraction of sp³-hybridized carbons (Fsp3) is 0.636. The summed E-state index contributed by atoms with van der Waals surface area (Å²) in [5.74, 6) is 2.41. The van der Waals surface area contributed by atoms with E-state index in [1.54, 1.807) is 13.4 Å². The molecule has 2 aliphatic heterocycles. The Labute approximate surface area is 178 Å². The van der Waals surface area contributed by atoms with Gasteiger partial charge in [0.25, 0.3) is 0 Å². The van der Waals surface area contributed by atoms with Crippen LogP contribution in [0.4, 0.5) is 5.82 Å². The van der Waals surface area contributed by atoms with Crippen molar-refractivity contribution in [3.63, 3.8) is 0 Å². The number of anilines is 1. The second kappa shape index (κ2) is 10.7. The number of benzene rings is 1. The van der Waals surface area contributed by atoms with Crippen molar-refractivity contribution in [2.75, 3.05) is 64.6 Å². The van der Waals surface area contributed by atoms with E-state index in [2.05, 4.69) is 25.5 Å². The normalized spacial score (nSPS) is 19.8. The number of piperazine rings is 1. The number of hydrogen-bond acceptors (Lipinski definition) is 8. The lowest BCUT2D eigenvalue weighted by Crippen LogP contribution is -2.44. The van der Waals surface area contributed by atoms with Crippen LogP contribution in [-0.2, 0) is 4.74 Å². The predicted octanol–water partition coefficient (Wildman–Crippen LogP) is 1.98. The molecule has 3 heterocycles. The Balaban J connectivity index is 1.54. The molecule has 164 valence electrons. The van der Waals surface area contributed by atoms with E-state index in [1.165, 1.54) is 19.3 Å². The van der Waals surface area contributed by atoms with E-state index < -0.39 is 0 Å². The first-order chi connectivity index (χ1) is 14.8. The zero-order valence-electron chi connectivity index (χ0n) is 17.9. The number of fused-ring (bicyclic) bond motifs is 1. The van der Waals surface area contributed by atoms with Gasteiger partial charge in [-0.3, -0.25) is 0 Å². The number of ether oxygens (including phenoxy) is 3. The molecule has 2 aliphatic rings. The number of piperidine rings is 1. The summed E-state index contributed by atoms with van der Waals surface area (Å²) in [5, 5.41) is 7.96. The molecular formula is C22H33N5O3. The second-order valence-electron chi connectivity index (χ2n) is 7.88. The Bertz CT molecular complexity index is 807. The van der Waals surface area contributed by atoms with Gasteiger partial charge in [-0.05, 0) is 31.9 Å². The highest BCUT2D eigenvalue weighted by Gasteiger charge is 2.18. The highest BCUT2D eigenvalue weighted by molar-refractivity contribution is 5.92. The molecule has 8 nitrogen and oxygen atoms in total. The number of nitrogens with one attached hydrogen (secondary N) is 2. The lowest BCUT2D eigenvalue weighted by Gasteiger charge is -2.29. The van der Waals surface area contributed by atoms with Crippen molar-refractivity contribution in [1.82, 2.24) is 20.6 Å². The second-order valence-corrected chi connectivity index (χ2v) is 7.88. The van der Waals surface area contributed by atoms with Crippen LogP contribution in [0.25, 0.3) is 10.9 Å². The summed E-state index contributed by atoms with van der Waals surface area (Å²) in [6.45, 7) is 6.53. The van der Waals surface area contributed by atoms with Gasteiger partial charge in [0.15, 0.2) is 11.5 Å². The zero-order chi connectivity index (χ0) is 20.6. The summed E-state index contributed by atoms with van der Waals surface area (Å²) in [6.07, 6.45) is 6.42. The van der Waals surface area contributed by atoms with Gasteiger partial charge in [-0.25, -0.2) is 9.97 Å². The maximum absolute atomic E-state index is 6.17. The molecule has 30 heavy (non-hydrogen) atoms. The number of hydrogen-bond donors (Lipinski definition) is 2. The summed E-state index contributed by atoms with van der Waals surface area (Å²) in [4.78, 5) is 11.4. The summed E-state index contributed by atoms with van der Waals surface area (Å²) >= 11 is 0. The van der Waals surface area contributed by atoms with Crippen LogP contribution in [0.3, 0.4) is 0 Å². The maximum Gasteiger partial charge on any atom is 0.163 e.